The van der Waals surface area contributed by atoms with E-state index in [4.69, 9.17) is 5.73 Å². The summed E-state index contributed by atoms with van der Waals surface area (Å²) < 4.78 is 0. The van der Waals surface area contributed by atoms with E-state index in [1.165, 1.54) is 0 Å². The SMILES string of the molecule is C[C@H](NC(=O)N1CCCCC1)C(=O)N[C@@H](Cc1ccccc1)C(N)=O. The van der Waals surface area contributed by atoms with Gasteiger partial charge >= 0.3 is 6.03 Å². The van der Waals surface area contributed by atoms with E-state index in [2.05, 4.69) is 10.6 Å². The van der Waals surface area contributed by atoms with Crippen LogP contribution in [0.3, 0.4) is 0 Å². The van der Waals surface area contributed by atoms with E-state index in [-0.39, 0.29) is 6.03 Å². The highest BCUT2D eigenvalue weighted by atomic mass is 16.2. The minimum absolute atomic E-state index is 0.249. The van der Waals surface area contributed by atoms with Gasteiger partial charge in [-0.2, -0.15) is 0 Å². The highest BCUT2D eigenvalue weighted by Crippen LogP contribution is 2.09. The molecule has 1 aromatic rings. The summed E-state index contributed by atoms with van der Waals surface area (Å²) in [5, 5.41) is 5.31. The van der Waals surface area contributed by atoms with Crippen molar-refractivity contribution >= 4 is 17.8 Å². The predicted molar refractivity (Wildman–Crippen MR) is 94.7 cm³/mol. The highest BCUT2D eigenvalue weighted by Gasteiger charge is 2.25. The molecule has 25 heavy (non-hydrogen) atoms. The Hall–Kier alpha value is -2.57. The Morgan fingerprint density at radius 2 is 1.72 bits per heavy atom. The van der Waals surface area contributed by atoms with Crippen molar-refractivity contribution in [2.24, 2.45) is 5.73 Å². The summed E-state index contributed by atoms with van der Waals surface area (Å²) in [6, 6.07) is 7.51. The standard InChI is InChI=1S/C18H26N4O3/c1-13(20-18(25)22-10-6-3-7-11-22)17(24)21-15(16(19)23)12-14-8-4-2-5-9-14/h2,4-5,8-9,13,15H,3,6-7,10-12H2,1H3,(H2,19,23)(H,20,25)(H,21,24)/t13-,15-/m0/s1. The van der Waals surface area contributed by atoms with Crippen LogP contribution < -0.4 is 16.4 Å². The van der Waals surface area contributed by atoms with Crippen LogP contribution in [-0.4, -0.2) is 47.9 Å². The summed E-state index contributed by atoms with van der Waals surface area (Å²) in [7, 11) is 0. The van der Waals surface area contributed by atoms with Crippen LogP contribution in [0.5, 0.6) is 0 Å². The summed E-state index contributed by atoms with van der Waals surface area (Å²) in [4.78, 5) is 37.8. The highest BCUT2D eigenvalue weighted by molar-refractivity contribution is 5.91. The van der Waals surface area contributed by atoms with Gasteiger partial charge in [-0.1, -0.05) is 30.3 Å². The van der Waals surface area contributed by atoms with Gasteiger partial charge in [-0.3, -0.25) is 9.59 Å². The third kappa shape index (κ3) is 5.77. The Labute approximate surface area is 147 Å². The molecule has 0 spiro atoms. The number of benzene rings is 1. The second kappa shape index (κ2) is 9.05. The summed E-state index contributed by atoms with van der Waals surface area (Å²) in [5.74, 6) is -1.03. The zero-order valence-corrected chi connectivity index (χ0v) is 14.5. The monoisotopic (exact) mass is 346 g/mol. The number of nitrogens with zero attached hydrogens (tertiary/aromatic N) is 1. The molecule has 0 aliphatic carbocycles. The van der Waals surface area contributed by atoms with Crippen LogP contribution in [0, 0.1) is 0 Å². The third-order valence-corrected chi connectivity index (χ3v) is 4.32. The van der Waals surface area contributed by atoms with Gasteiger partial charge in [0.1, 0.15) is 12.1 Å². The molecule has 1 saturated heterocycles. The van der Waals surface area contributed by atoms with Crippen molar-refractivity contribution in [2.45, 2.75) is 44.7 Å². The number of primary amides is 1. The molecule has 1 fully saturated rings. The van der Waals surface area contributed by atoms with Gasteiger partial charge in [0.25, 0.3) is 0 Å². The Balaban J connectivity index is 1.88. The molecule has 136 valence electrons. The van der Waals surface area contributed by atoms with Crippen LogP contribution in [0.1, 0.15) is 31.7 Å². The fourth-order valence-corrected chi connectivity index (χ4v) is 2.81. The normalized spacial score (nSPS) is 16.6. The Kier molecular flexibility index (Phi) is 6.80. The number of hydrogen-bond donors (Lipinski definition) is 3. The molecule has 1 aliphatic heterocycles. The topological polar surface area (TPSA) is 105 Å². The molecule has 4 N–H and O–H groups in total. The Morgan fingerprint density at radius 3 is 2.32 bits per heavy atom. The second-order valence-corrected chi connectivity index (χ2v) is 6.37. The molecule has 0 saturated carbocycles. The molecular formula is C18H26N4O3. The number of hydrogen-bond acceptors (Lipinski definition) is 3. The summed E-state index contributed by atoms with van der Waals surface area (Å²) in [6.07, 6.45) is 3.40. The predicted octanol–water partition coefficient (Wildman–Crippen LogP) is 0.783. The lowest BCUT2D eigenvalue weighted by Crippen LogP contribution is -2.55. The number of carbonyl (C=O) groups excluding carboxylic acids is 3. The Morgan fingerprint density at radius 1 is 1.08 bits per heavy atom. The smallest absolute Gasteiger partial charge is 0.318 e. The molecular weight excluding hydrogens is 320 g/mol. The van der Waals surface area contributed by atoms with E-state index in [1.807, 2.05) is 30.3 Å². The van der Waals surface area contributed by atoms with Gasteiger partial charge in [0.05, 0.1) is 0 Å². The van der Waals surface area contributed by atoms with Crippen LogP contribution in [0.25, 0.3) is 0 Å². The van der Waals surface area contributed by atoms with E-state index >= 15 is 0 Å². The zero-order valence-electron chi connectivity index (χ0n) is 14.5. The molecule has 1 aliphatic rings. The molecule has 0 radical (unpaired) electrons. The number of nitrogens with two attached hydrogens (primary N) is 1. The number of carbonyl (C=O) groups is 3. The number of likely N-dealkylation sites (tertiary alicyclic amines) is 1. The molecule has 2 atom stereocenters. The first-order valence-electron chi connectivity index (χ1n) is 8.66. The van der Waals surface area contributed by atoms with Crippen molar-refractivity contribution in [3.05, 3.63) is 35.9 Å². The fraction of sp³-hybridized carbons (Fsp3) is 0.500. The average Bonchev–Trinajstić information content (AvgIpc) is 2.62. The zero-order chi connectivity index (χ0) is 18.2. The minimum atomic E-state index is -0.816. The minimum Gasteiger partial charge on any atom is -0.368 e. The van der Waals surface area contributed by atoms with Gasteiger partial charge in [0.15, 0.2) is 0 Å². The summed E-state index contributed by atoms with van der Waals surface area (Å²) in [6.45, 7) is 3.01. The van der Waals surface area contributed by atoms with Crippen molar-refractivity contribution in [3.63, 3.8) is 0 Å². The van der Waals surface area contributed by atoms with Gasteiger partial charge in [0.2, 0.25) is 11.8 Å². The average molecular weight is 346 g/mol. The van der Waals surface area contributed by atoms with Crippen LogP contribution >= 0.6 is 0 Å². The van der Waals surface area contributed by atoms with Gasteiger partial charge in [-0.05, 0) is 31.7 Å². The van der Waals surface area contributed by atoms with Gasteiger partial charge in [-0.15, -0.1) is 0 Å². The van der Waals surface area contributed by atoms with E-state index in [9.17, 15) is 14.4 Å². The van der Waals surface area contributed by atoms with Crippen LogP contribution in [-0.2, 0) is 16.0 Å². The molecule has 1 heterocycles. The van der Waals surface area contributed by atoms with Gasteiger partial charge < -0.3 is 21.3 Å². The molecule has 4 amide bonds. The molecule has 0 unspecified atom stereocenters. The van der Waals surface area contributed by atoms with Crippen molar-refractivity contribution in [2.75, 3.05) is 13.1 Å². The van der Waals surface area contributed by atoms with E-state index in [1.54, 1.807) is 11.8 Å². The number of piperidine rings is 1. The van der Waals surface area contributed by atoms with Gasteiger partial charge in [0, 0.05) is 19.5 Å². The first-order chi connectivity index (χ1) is 12.0. The number of urea groups is 1. The van der Waals surface area contributed by atoms with Crippen molar-refractivity contribution in [1.29, 1.82) is 0 Å². The quantitative estimate of drug-likeness (QED) is 0.709. The lowest BCUT2D eigenvalue weighted by molar-refractivity contribution is -0.128. The Bertz CT molecular complexity index is 600. The maximum absolute atomic E-state index is 12.3. The third-order valence-electron chi connectivity index (χ3n) is 4.32. The molecule has 7 heteroatoms. The first-order valence-corrected chi connectivity index (χ1v) is 8.66. The molecule has 7 nitrogen and oxygen atoms in total. The second-order valence-electron chi connectivity index (χ2n) is 6.37. The van der Waals surface area contributed by atoms with E-state index in [0.717, 1.165) is 24.8 Å². The molecule has 0 aromatic heterocycles. The van der Waals surface area contributed by atoms with Crippen molar-refractivity contribution in [3.8, 4) is 0 Å². The maximum Gasteiger partial charge on any atom is 0.318 e. The summed E-state index contributed by atoms with van der Waals surface area (Å²) >= 11 is 0. The lowest BCUT2D eigenvalue weighted by atomic mass is 10.1. The fourth-order valence-electron chi connectivity index (χ4n) is 2.81. The number of rotatable bonds is 6. The number of amides is 4. The maximum atomic E-state index is 12.3. The van der Waals surface area contributed by atoms with Crippen LogP contribution in [0.15, 0.2) is 30.3 Å². The van der Waals surface area contributed by atoms with E-state index in [0.29, 0.717) is 19.5 Å². The van der Waals surface area contributed by atoms with Crippen LogP contribution in [0.4, 0.5) is 4.79 Å². The molecule has 0 bridgehead atoms. The van der Waals surface area contributed by atoms with E-state index < -0.39 is 23.9 Å². The first kappa shape index (κ1) is 18.8. The molecule has 1 aromatic carbocycles. The van der Waals surface area contributed by atoms with Crippen molar-refractivity contribution < 1.29 is 14.4 Å². The lowest BCUT2D eigenvalue weighted by Gasteiger charge is -2.28. The van der Waals surface area contributed by atoms with Crippen molar-refractivity contribution in [1.82, 2.24) is 15.5 Å². The van der Waals surface area contributed by atoms with Gasteiger partial charge in [-0.25, -0.2) is 4.79 Å². The molecule has 2 rings (SSSR count). The number of nitrogens with one attached hydrogen (secondary N) is 2. The van der Waals surface area contributed by atoms with Crippen LogP contribution in [0.2, 0.25) is 0 Å². The summed E-state index contributed by atoms with van der Waals surface area (Å²) in [5.41, 5.74) is 6.30. The largest absolute Gasteiger partial charge is 0.368 e.